The van der Waals surface area contributed by atoms with Gasteiger partial charge in [0.1, 0.15) is 0 Å². The van der Waals surface area contributed by atoms with Crippen molar-refractivity contribution in [2.75, 3.05) is 13.1 Å². The van der Waals surface area contributed by atoms with E-state index in [4.69, 9.17) is 0 Å². The first kappa shape index (κ1) is 17.8. The number of carbonyl (C=O) groups excluding carboxylic acids is 1. The molecule has 1 saturated carbocycles. The van der Waals surface area contributed by atoms with E-state index in [1.165, 1.54) is 0 Å². The van der Waals surface area contributed by atoms with Crippen LogP contribution in [-0.2, 0) is 15.0 Å². The van der Waals surface area contributed by atoms with Crippen molar-refractivity contribution in [3.05, 3.63) is 70.8 Å². The summed E-state index contributed by atoms with van der Waals surface area (Å²) >= 11 is 0. The molecule has 4 nitrogen and oxygen atoms in total. The summed E-state index contributed by atoms with van der Waals surface area (Å²) < 4.78 is 0. The van der Waals surface area contributed by atoms with E-state index in [0.29, 0.717) is 13.1 Å². The van der Waals surface area contributed by atoms with Crippen molar-refractivity contribution < 1.29 is 14.7 Å². The van der Waals surface area contributed by atoms with E-state index in [9.17, 15) is 14.7 Å². The third-order valence-electron chi connectivity index (χ3n) is 6.09. The highest BCUT2D eigenvalue weighted by Crippen LogP contribution is 2.51. The maximum atomic E-state index is 13.4. The summed E-state index contributed by atoms with van der Waals surface area (Å²) in [6.45, 7) is 4.88. The Balaban J connectivity index is 1.62. The predicted molar refractivity (Wildman–Crippen MR) is 104 cm³/mol. The molecule has 27 heavy (non-hydrogen) atoms. The van der Waals surface area contributed by atoms with Gasteiger partial charge in [-0.05, 0) is 37.8 Å². The Hall–Kier alpha value is -2.62. The Labute approximate surface area is 159 Å². The highest BCUT2D eigenvalue weighted by molar-refractivity contribution is 5.92. The average molecular weight is 363 g/mol. The summed E-state index contributed by atoms with van der Waals surface area (Å²) in [7, 11) is 0. The molecule has 4 heteroatoms. The van der Waals surface area contributed by atoms with Gasteiger partial charge < -0.3 is 10.0 Å². The van der Waals surface area contributed by atoms with E-state index in [0.717, 1.165) is 35.1 Å². The van der Waals surface area contributed by atoms with Gasteiger partial charge in [-0.2, -0.15) is 0 Å². The molecule has 2 aromatic rings. The van der Waals surface area contributed by atoms with Crippen molar-refractivity contribution in [1.82, 2.24) is 4.90 Å². The van der Waals surface area contributed by atoms with Crippen LogP contribution in [0.25, 0.3) is 0 Å². The molecule has 0 aromatic heterocycles. The van der Waals surface area contributed by atoms with Gasteiger partial charge in [0, 0.05) is 19.0 Å². The topological polar surface area (TPSA) is 57.6 Å². The fourth-order valence-corrected chi connectivity index (χ4v) is 4.56. The van der Waals surface area contributed by atoms with Gasteiger partial charge in [-0.25, -0.2) is 0 Å². The molecule has 1 saturated heterocycles. The van der Waals surface area contributed by atoms with Gasteiger partial charge in [0.05, 0.1) is 11.3 Å². The number of hydrogen-bond donors (Lipinski definition) is 1. The molecule has 1 N–H and O–H groups in total. The number of carboxylic acids is 1. The standard InChI is InChI=1S/C23H25NO3/c1-15-10-16(2)12-18(11-15)23(8-9-23)22(27)24-13-19(20(14-24)21(25)26)17-6-4-3-5-7-17/h3-7,10-12,19-20H,8-9,13-14H2,1-2H3,(H,25,26). The van der Waals surface area contributed by atoms with Crippen LogP contribution in [0.1, 0.15) is 41.0 Å². The maximum absolute atomic E-state index is 13.4. The van der Waals surface area contributed by atoms with Crippen molar-refractivity contribution in [2.24, 2.45) is 5.92 Å². The molecule has 140 valence electrons. The minimum absolute atomic E-state index is 0.0946. The highest BCUT2D eigenvalue weighted by Gasteiger charge is 2.55. The summed E-state index contributed by atoms with van der Waals surface area (Å²) in [6, 6.07) is 16.0. The predicted octanol–water partition coefficient (Wildman–Crippen LogP) is 3.66. The molecule has 2 fully saturated rings. The van der Waals surface area contributed by atoms with Crippen LogP contribution in [0.5, 0.6) is 0 Å². The maximum Gasteiger partial charge on any atom is 0.308 e. The van der Waals surface area contributed by atoms with Crippen LogP contribution in [0, 0.1) is 19.8 Å². The van der Waals surface area contributed by atoms with Gasteiger partial charge in [-0.3, -0.25) is 9.59 Å². The second kappa shape index (κ2) is 6.52. The fraction of sp³-hybridized carbons (Fsp3) is 0.391. The molecular weight excluding hydrogens is 338 g/mol. The van der Waals surface area contributed by atoms with E-state index < -0.39 is 17.3 Å². The summed E-state index contributed by atoms with van der Waals surface area (Å²) in [5.41, 5.74) is 3.95. The minimum atomic E-state index is -0.824. The van der Waals surface area contributed by atoms with Crippen molar-refractivity contribution in [1.29, 1.82) is 0 Å². The zero-order chi connectivity index (χ0) is 19.2. The van der Waals surface area contributed by atoms with Gasteiger partial charge in [0.2, 0.25) is 5.91 Å². The Morgan fingerprint density at radius 2 is 1.63 bits per heavy atom. The molecule has 1 aliphatic carbocycles. The Morgan fingerprint density at radius 3 is 2.19 bits per heavy atom. The van der Waals surface area contributed by atoms with Crippen molar-refractivity contribution in [2.45, 2.75) is 38.0 Å². The molecule has 1 amide bonds. The molecule has 2 unspecified atom stereocenters. The van der Waals surface area contributed by atoms with E-state index >= 15 is 0 Å². The molecule has 2 aliphatic rings. The number of carbonyl (C=O) groups is 2. The number of aryl methyl sites for hydroxylation is 2. The van der Waals surface area contributed by atoms with E-state index in [1.807, 2.05) is 30.3 Å². The second-order valence-electron chi connectivity index (χ2n) is 8.13. The molecule has 4 rings (SSSR count). The van der Waals surface area contributed by atoms with Crippen LogP contribution in [0.3, 0.4) is 0 Å². The molecule has 1 aliphatic heterocycles. The Kier molecular flexibility index (Phi) is 4.29. The van der Waals surface area contributed by atoms with Gasteiger partial charge in [0.25, 0.3) is 0 Å². The Bertz CT molecular complexity index is 866. The van der Waals surface area contributed by atoms with E-state index in [1.54, 1.807) is 4.90 Å². The van der Waals surface area contributed by atoms with Crippen LogP contribution in [0.4, 0.5) is 0 Å². The molecular formula is C23H25NO3. The Morgan fingerprint density at radius 1 is 1.00 bits per heavy atom. The lowest BCUT2D eigenvalue weighted by molar-refractivity contribution is -0.142. The summed E-state index contributed by atoms with van der Waals surface area (Å²) in [5, 5.41) is 9.71. The van der Waals surface area contributed by atoms with Crippen molar-refractivity contribution in [3.8, 4) is 0 Å². The average Bonchev–Trinajstić information content (AvgIpc) is 3.33. The monoisotopic (exact) mass is 363 g/mol. The lowest BCUT2D eigenvalue weighted by Gasteiger charge is -2.24. The van der Waals surface area contributed by atoms with E-state index in [2.05, 4.69) is 32.0 Å². The van der Waals surface area contributed by atoms with Crippen molar-refractivity contribution >= 4 is 11.9 Å². The van der Waals surface area contributed by atoms with E-state index in [-0.39, 0.29) is 11.8 Å². The summed E-state index contributed by atoms with van der Waals surface area (Å²) in [5.74, 6) is -1.43. The quantitative estimate of drug-likeness (QED) is 0.902. The summed E-state index contributed by atoms with van der Waals surface area (Å²) in [6.07, 6.45) is 1.69. The number of likely N-dealkylation sites (tertiary alicyclic amines) is 1. The SMILES string of the molecule is Cc1cc(C)cc(C2(C(=O)N3CC(C(=O)O)C(c4ccccc4)C3)CC2)c1. The molecule has 0 radical (unpaired) electrons. The van der Waals surface area contributed by atoms with Crippen LogP contribution in [0.15, 0.2) is 48.5 Å². The van der Waals surface area contributed by atoms with Gasteiger partial charge >= 0.3 is 5.97 Å². The molecule has 1 heterocycles. The van der Waals surface area contributed by atoms with Crippen LogP contribution in [-0.4, -0.2) is 35.0 Å². The van der Waals surface area contributed by atoms with Crippen LogP contribution in [0.2, 0.25) is 0 Å². The number of nitrogens with zero attached hydrogens (tertiary/aromatic N) is 1. The van der Waals surface area contributed by atoms with Gasteiger partial charge in [-0.1, -0.05) is 59.7 Å². The first-order valence-electron chi connectivity index (χ1n) is 9.56. The normalized spacial score (nSPS) is 23.3. The van der Waals surface area contributed by atoms with Gasteiger partial charge in [0.15, 0.2) is 0 Å². The van der Waals surface area contributed by atoms with Crippen molar-refractivity contribution in [3.63, 3.8) is 0 Å². The number of carboxylic acid groups (broad SMARTS) is 1. The lowest BCUT2D eigenvalue weighted by atomic mass is 9.89. The molecule has 0 spiro atoms. The summed E-state index contributed by atoms with van der Waals surface area (Å²) in [4.78, 5) is 27.1. The lowest BCUT2D eigenvalue weighted by Crippen LogP contribution is -2.38. The third kappa shape index (κ3) is 3.14. The largest absolute Gasteiger partial charge is 0.481 e. The first-order valence-corrected chi connectivity index (χ1v) is 9.56. The number of rotatable bonds is 4. The number of hydrogen-bond acceptors (Lipinski definition) is 2. The molecule has 2 atom stereocenters. The molecule has 2 aromatic carbocycles. The van der Waals surface area contributed by atoms with Crippen LogP contribution >= 0.6 is 0 Å². The van der Waals surface area contributed by atoms with Crippen LogP contribution < -0.4 is 0 Å². The fourth-order valence-electron chi connectivity index (χ4n) is 4.56. The third-order valence-corrected chi connectivity index (χ3v) is 6.09. The number of aliphatic carboxylic acids is 1. The van der Waals surface area contributed by atoms with Gasteiger partial charge in [-0.15, -0.1) is 0 Å². The zero-order valence-corrected chi connectivity index (χ0v) is 15.8. The first-order chi connectivity index (χ1) is 12.9. The molecule has 0 bridgehead atoms. The second-order valence-corrected chi connectivity index (χ2v) is 8.13. The number of benzene rings is 2. The minimum Gasteiger partial charge on any atom is -0.481 e. The highest BCUT2D eigenvalue weighted by atomic mass is 16.4. The number of amides is 1. The smallest absolute Gasteiger partial charge is 0.308 e. The zero-order valence-electron chi connectivity index (χ0n) is 15.8.